The molecule has 2 saturated carbocycles. The van der Waals surface area contributed by atoms with E-state index in [1.807, 2.05) is 13.8 Å². The van der Waals surface area contributed by atoms with Crippen LogP contribution in [0.25, 0.3) is 0 Å². The summed E-state index contributed by atoms with van der Waals surface area (Å²) in [4.78, 5) is 10.7. The number of hydrogen-bond donors (Lipinski definition) is 1. The number of nitro groups is 1. The van der Waals surface area contributed by atoms with Gasteiger partial charge in [-0.3, -0.25) is 10.1 Å². The minimum absolute atomic E-state index is 0.0298. The van der Waals surface area contributed by atoms with Crippen molar-refractivity contribution in [3.63, 3.8) is 0 Å². The van der Waals surface area contributed by atoms with Crippen LogP contribution in [0.1, 0.15) is 39.5 Å². The van der Waals surface area contributed by atoms with Crippen LogP contribution >= 0.6 is 0 Å². The standard InChI is InChI=1S/C16H22N2O3/c1-10(2)21-16-9-13(5-6-15(16)18(19)20)17-14-8-11-3-4-12(14)7-11/h5-6,9-12,14,17H,3-4,7-8H2,1-2H3. The molecule has 0 aliphatic heterocycles. The van der Waals surface area contributed by atoms with Crippen molar-refractivity contribution in [1.82, 2.24) is 0 Å². The molecule has 3 atom stereocenters. The van der Waals surface area contributed by atoms with Crippen molar-refractivity contribution in [3.8, 4) is 5.75 Å². The third kappa shape index (κ3) is 2.96. The molecule has 1 aromatic carbocycles. The Morgan fingerprint density at radius 1 is 1.33 bits per heavy atom. The number of benzene rings is 1. The van der Waals surface area contributed by atoms with Gasteiger partial charge in [0.25, 0.3) is 0 Å². The summed E-state index contributed by atoms with van der Waals surface area (Å²) < 4.78 is 5.59. The van der Waals surface area contributed by atoms with Crippen LogP contribution in [-0.2, 0) is 0 Å². The molecule has 2 bridgehead atoms. The fourth-order valence-electron chi connectivity index (χ4n) is 3.74. The summed E-state index contributed by atoms with van der Waals surface area (Å²) in [5, 5.41) is 14.6. The lowest BCUT2D eigenvalue weighted by molar-refractivity contribution is -0.386. The van der Waals surface area contributed by atoms with Crippen LogP contribution < -0.4 is 10.1 Å². The molecule has 5 nitrogen and oxygen atoms in total. The lowest BCUT2D eigenvalue weighted by Gasteiger charge is -2.24. The third-order valence-electron chi connectivity index (χ3n) is 4.61. The predicted octanol–water partition coefficient (Wildman–Crippen LogP) is 3.98. The van der Waals surface area contributed by atoms with E-state index in [4.69, 9.17) is 4.74 Å². The number of nitrogens with zero attached hydrogens (tertiary/aromatic N) is 1. The van der Waals surface area contributed by atoms with Crippen molar-refractivity contribution in [1.29, 1.82) is 0 Å². The van der Waals surface area contributed by atoms with Gasteiger partial charge in [0.1, 0.15) is 0 Å². The first-order chi connectivity index (χ1) is 10.0. The van der Waals surface area contributed by atoms with Gasteiger partial charge >= 0.3 is 5.69 Å². The molecule has 2 aliphatic carbocycles. The maximum Gasteiger partial charge on any atom is 0.311 e. The first kappa shape index (κ1) is 14.2. The molecule has 1 aromatic rings. The Balaban J connectivity index is 1.78. The largest absolute Gasteiger partial charge is 0.484 e. The minimum Gasteiger partial charge on any atom is -0.484 e. The molecule has 114 valence electrons. The van der Waals surface area contributed by atoms with Crippen molar-refractivity contribution in [2.75, 3.05) is 5.32 Å². The zero-order valence-corrected chi connectivity index (χ0v) is 12.5. The van der Waals surface area contributed by atoms with Crippen LogP contribution in [0.5, 0.6) is 5.75 Å². The number of nitro benzene ring substituents is 1. The molecule has 0 aromatic heterocycles. The van der Waals surface area contributed by atoms with E-state index < -0.39 is 0 Å². The number of fused-ring (bicyclic) bond motifs is 2. The summed E-state index contributed by atoms with van der Waals surface area (Å²) >= 11 is 0. The van der Waals surface area contributed by atoms with E-state index in [-0.39, 0.29) is 16.7 Å². The SMILES string of the molecule is CC(C)Oc1cc(NC2CC3CCC2C3)ccc1[N+](=O)[O-]. The van der Waals surface area contributed by atoms with E-state index in [0.29, 0.717) is 11.8 Å². The van der Waals surface area contributed by atoms with Gasteiger partial charge in [-0.05, 0) is 51.0 Å². The third-order valence-corrected chi connectivity index (χ3v) is 4.61. The topological polar surface area (TPSA) is 64.4 Å². The number of hydrogen-bond acceptors (Lipinski definition) is 4. The Bertz CT molecular complexity index is 544. The molecular weight excluding hydrogens is 268 g/mol. The van der Waals surface area contributed by atoms with Gasteiger partial charge in [0.2, 0.25) is 0 Å². The maximum atomic E-state index is 11.1. The normalized spacial score (nSPS) is 27.1. The summed E-state index contributed by atoms with van der Waals surface area (Å²) in [6.07, 6.45) is 5.15. The average Bonchev–Trinajstić information content (AvgIpc) is 3.00. The van der Waals surface area contributed by atoms with Gasteiger partial charge in [0.05, 0.1) is 11.0 Å². The molecule has 2 fully saturated rings. The first-order valence-corrected chi connectivity index (χ1v) is 7.74. The second-order valence-electron chi connectivity index (χ2n) is 6.53. The van der Waals surface area contributed by atoms with Crippen LogP contribution in [0, 0.1) is 22.0 Å². The summed E-state index contributed by atoms with van der Waals surface area (Å²) in [6.45, 7) is 3.75. The van der Waals surface area contributed by atoms with Gasteiger partial charge in [-0.25, -0.2) is 0 Å². The van der Waals surface area contributed by atoms with E-state index in [0.717, 1.165) is 17.5 Å². The van der Waals surface area contributed by atoms with Crippen LogP contribution in [0.3, 0.4) is 0 Å². The fourth-order valence-corrected chi connectivity index (χ4v) is 3.74. The average molecular weight is 290 g/mol. The Kier molecular flexibility index (Phi) is 3.74. The summed E-state index contributed by atoms with van der Waals surface area (Å²) in [7, 11) is 0. The van der Waals surface area contributed by atoms with E-state index in [2.05, 4.69) is 5.32 Å². The van der Waals surface area contributed by atoms with E-state index in [1.54, 1.807) is 12.1 Å². The van der Waals surface area contributed by atoms with E-state index in [1.165, 1.54) is 31.7 Å². The molecule has 2 aliphatic rings. The molecule has 0 radical (unpaired) electrons. The van der Waals surface area contributed by atoms with Crippen LogP contribution in [0.2, 0.25) is 0 Å². The molecule has 21 heavy (non-hydrogen) atoms. The molecule has 3 rings (SSSR count). The monoisotopic (exact) mass is 290 g/mol. The van der Waals surface area contributed by atoms with Gasteiger partial charge < -0.3 is 10.1 Å². The highest BCUT2D eigenvalue weighted by Crippen LogP contribution is 2.45. The molecule has 5 heteroatoms. The summed E-state index contributed by atoms with van der Waals surface area (Å²) in [6, 6.07) is 5.60. The van der Waals surface area contributed by atoms with Gasteiger partial charge in [-0.15, -0.1) is 0 Å². The maximum absolute atomic E-state index is 11.1. The van der Waals surface area contributed by atoms with Crippen molar-refractivity contribution in [3.05, 3.63) is 28.3 Å². The molecular formula is C16H22N2O3. The van der Waals surface area contributed by atoms with Crippen LogP contribution in [0.15, 0.2) is 18.2 Å². The lowest BCUT2D eigenvalue weighted by Crippen LogP contribution is -2.25. The van der Waals surface area contributed by atoms with Crippen molar-refractivity contribution in [2.45, 2.75) is 51.7 Å². The Morgan fingerprint density at radius 3 is 2.71 bits per heavy atom. The lowest BCUT2D eigenvalue weighted by atomic mass is 9.95. The fraction of sp³-hybridized carbons (Fsp3) is 0.625. The van der Waals surface area contributed by atoms with Gasteiger partial charge in [0.15, 0.2) is 5.75 Å². The predicted molar refractivity (Wildman–Crippen MR) is 81.7 cm³/mol. The van der Waals surface area contributed by atoms with Crippen molar-refractivity contribution < 1.29 is 9.66 Å². The number of ether oxygens (including phenoxy) is 1. The summed E-state index contributed by atoms with van der Waals surface area (Å²) in [5.74, 6) is 1.99. The first-order valence-electron chi connectivity index (χ1n) is 7.74. The second kappa shape index (κ2) is 5.54. The Morgan fingerprint density at radius 2 is 2.14 bits per heavy atom. The van der Waals surface area contributed by atoms with Gasteiger partial charge in [-0.1, -0.05) is 6.42 Å². The molecule has 0 spiro atoms. The van der Waals surface area contributed by atoms with Gasteiger partial charge in [0, 0.05) is 23.9 Å². The zero-order chi connectivity index (χ0) is 15.0. The van der Waals surface area contributed by atoms with Crippen LogP contribution in [0.4, 0.5) is 11.4 Å². The highest BCUT2D eigenvalue weighted by Gasteiger charge is 2.39. The van der Waals surface area contributed by atoms with Crippen LogP contribution in [-0.4, -0.2) is 17.1 Å². The molecule has 0 saturated heterocycles. The molecule has 1 N–H and O–H groups in total. The van der Waals surface area contributed by atoms with Gasteiger partial charge in [-0.2, -0.15) is 0 Å². The second-order valence-corrected chi connectivity index (χ2v) is 6.53. The Hall–Kier alpha value is -1.78. The number of nitrogens with one attached hydrogen (secondary N) is 1. The molecule has 3 unspecified atom stereocenters. The minimum atomic E-state index is -0.390. The quantitative estimate of drug-likeness (QED) is 0.658. The zero-order valence-electron chi connectivity index (χ0n) is 12.5. The smallest absolute Gasteiger partial charge is 0.311 e. The number of rotatable bonds is 5. The summed E-state index contributed by atoms with van der Waals surface area (Å²) in [5.41, 5.74) is 0.955. The highest BCUT2D eigenvalue weighted by molar-refractivity contribution is 5.58. The van der Waals surface area contributed by atoms with E-state index in [9.17, 15) is 10.1 Å². The van der Waals surface area contributed by atoms with Crippen molar-refractivity contribution >= 4 is 11.4 Å². The highest BCUT2D eigenvalue weighted by atomic mass is 16.6. The van der Waals surface area contributed by atoms with E-state index >= 15 is 0 Å². The Labute approximate surface area is 124 Å². The van der Waals surface area contributed by atoms with Crippen molar-refractivity contribution in [2.24, 2.45) is 11.8 Å². The molecule has 0 amide bonds. The molecule has 0 heterocycles. The number of anilines is 1.